The van der Waals surface area contributed by atoms with E-state index in [1.54, 1.807) is 0 Å². The van der Waals surface area contributed by atoms with Gasteiger partial charge in [-0.3, -0.25) is 4.90 Å². The van der Waals surface area contributed by atoms with E-state index in [2.05, 4.69) is 0 Å². The average molecular weight is 202 g/mol. The Morgan fingerprint density at radius 2 is 2.27 bits per heavy atom. The van der Waals surface area contributed by atoms with E-state index in [4.69, 9.17) is 10.00 Å². The largest absolute Gasteiger partial charge is 0.445 e. The van der Waals surface area contributed by atoms with Crippen LogP contribution in [0.2, 0.25) is 0 Å². The number of benzene rings is 1. The molecular weight excluding hydrogens is 192 g/mol. The molecule has 1 heterocycles. The van der Waals surface area contributed by atoms with Gasteiger partial charge >= 0.3 is 6.09 Å². The first kappa shape index (κ1) is 9.53. The first-order chi connectivity index (χ1) is 7.31. The number of ether oxygens (including phenoxy) is 1. The Bertz CT molecular complexity index is 397. The van der Waals surface area contributed by atoms with Gasteiger partial charge in [-0.15, -0.1) is 0 Å². The third-order valence-electron chi connectivity index (χ3n) is 2.20. The van der Waals surface area contributed by atoms with Crippen LogP contribution >= 0.6 is 0 Å². The summed E-state index contributed by atoms with van der Waals surface area (Å²) in [6.45, 7) is 0.748. The van der Waals surface area contributed by atoms with Crippen molar-refractivity contribution in [1.29, 1.82) is 5.26 Å². The SMILES string of the molecule is N#CC1CN1C(=O)OCc1ccccc1. The molecule has 1 fully saturated rings. The van der Waals surface area contributed by atoms with Gasteiger partial charge in [-0.05, 0) is 5.56 Å². The number of carbonyl (C=O) groups is 1. The monoisotopic (exact) mass is 202 g/mol. The van der Waals surface area contributed by atoms with Gasteiger partial charge in [0.15, 0.2) is 0 Å². The van der Waals surface area contributed by atoms with E-state index in [0.717, 1.165) is 5.56 Å². The summed E-state index contributed by atoms with van der Waals surface area (Å²) in [5.74, 6) is 0. The van der Waals surface area contributed by atoms with E-state index < -0.39 is 6.09 Å². The van der Waals surface area contributed by atoms with Crippen molar-refractivity contribution >= 4 is 6.09 Å². The Morgan fingerprint density at radius 3 is 2.87 bits per heavy atom. The molecule has 0 aromatic heterocycles. The molecule has 1 saturated heterocycles. The number of carbonyl (C=O) groups excluding carboxylic acids is 1. The minimum Gasteiger partial charge on any atom is -0.445 e. The zero-order chi connectivity index (χ0) is 10.7. The Balaban J connectivity index is 1.80. The quantitative estimate of drug-likeness (QED) is 0.683. The lowest BCUT2D eigenvalue weighted by atomic mass is 10.2. The van der Waals surface area contributed by atoms with Crippen LogP contribution in [0.4, 0.5) is 4.79 Å². The van der Waals surface area contributed by atoms with Crippen LogP contribution in [-0.2, 0) is 11.3 Å². The summed E-state index contributed by atoms with van der Waals surface area (Å²) in [6.07, 6.45) is -0.412. The fourth-order valence-electron chi connectivity index (χ4n) is 1.25. The molecule has 1 aliphatic heterocycles. The van der Waals surface area contributed by atoms with Crippen molar-refractivity contribution in [3.05, 3.63) is 35.9 Å². The molecule has 1 atom stereocenters. The first-order valence-electron chi connectivity index (χ1n) is 4.68. The number of nitrogens with zero attached hydrogens (tertiary/aromatic N) is 2. The summed E-state index contributed by atoms with van der Waals surface area (Å²) >= 11 is 0. The van der Waals surface area contributed by atoms with Gasteiger partial charge in [0.1, 0.15) is 12.6 Å². The number of nitriles is 1. The minimum absolute atomic E-state index is 0.258. The lowest BCUT2D eigenvalue weighted by Gasteiger charge is -2.04. The van der Waals surface area contributed by atoms with Crippen LogP contribution in [0.25, 0.3) is 0 Å². The molecule has 1 aromatic rings. The van der Waals surface area contributed by atoms with E-state index >= 15 is 0 Å². The van der Waals surface area contributed by atoms with Crippen molar-refractivity contribution < 1.29 is 9.53 Å². The standard InChI is InChI=1S/C11H10N2O2/c12-6-10-7-13(10)11(14)15-8-9-4-2-1-3-5-9/h1-5,10H,7-8H2. The van der Waals surface area contributed by atoms with Crippen LogP contribution in [0, 0.1) is 11.3 Å². The molecular formula is C11H10N2O2. The van der Waals surface area contributed by atoms with Gasteiger partial charge < -0.3 is 4.74 Å². The van der Waals surface area contributed by atoms with Crippen LogP contribution < -0.4 is 0 Å². The van der Waals surface area contributed by atoms with E-state index in [-0.39, 0.29) is 12.6 Å². The van der Waals surface area contributed by atoms with Gasteiger partial charge in [0.25, 0.3) is 0 Å². The van der Waals surface area contributed by atoms with Gasteiger partial charge in [0.05, 0.1) is 12.6 Å². The fourth-order valence-corrected chi connectivity index (χ4v) is 1.25. The smallest absolute Gasteiger partial charge is 0.411 e. The van der Waals surface area contributed by atoms with E-state index in [9.17, 15) is 4.79 Å². The predicted molar refractivity (Wildman–Crippen MR) is 52.7 cm³/mol. The van der Waals surface area contributed by atoms with Gasteiger partial charge in [-0.25, -0.2) is 4.79 Å². The maximum absolute atomic E-state index is 11.3. The summed E-state index contributed by atoms with van der Waals surface area (Å²) in [5.41, 5.74) is 0.946. The van der Waals surface area contributed by atoms with Crippen molar-refractivity contribution in [2.45, 2.75) is 12.6 Å². The second kappa shape index (κ2) is 4.01. The third-order valence-corrected chi connectivity index (χ3v) is 2.20. The molecule has 0 radical (unpaired) electrons. The number of hydrogen-bond donors (Lipinski definition) is 0. The summed E-state index contributed by atoms with van der Waals surface area (Å²) in [7, 11) is 0. The normalized spacial score (nSPS) is 18.1. The van der Waals surface area contributed by atoms with E-state index in [1.165, 1.54) is 4.90 Å². The summed E-state index contributed by atoms with van der Waals surface area (Å²) in [5, 5.41) is 8.51. The molecule has 1 aromatic carbocycles. The average Bonchev–Trinajstić information content (AvgIpc) is 3.06. The lowest BCUT2D eigenvalue weighted by Crippen LogP contribution is -2.14. The topological polar surface area (TPSA) is 53.1 Å². The molecule has 0 saturated carbocycles. The maximum atomic E-state index is 11.3. The maximum Gasteiger partial charge on any atom is 0.411 e. The summed E-state index contributed by atoms with van der Waals surface area (Å²) in [4.78, 5) is 12.7. The first-order valence-corrected chi connectivity index (χ1v) is 4.68. The van der Waals surface area contributed by atoms with Gasteiger partial charge in [-0.1, -0.05) is 30.3 Å². The van der Waals surface area contributed by atoms with Crippen LogP contribution in [0.1, 0.15) is 5.56 Å². The predicted octanol–water partition coefficient (Wildman–Crippen LogP) is 1.53. The molecule has 0 spiro atoms. The zero-order valence-electron chi connectivity index (χ0n) is 8.09. The highest BCUT2D eigenvalue weighted by molar-refractivity contribution is 5.71. The molecule has 1 amide bonds. The number of amides is 1. The molecule has 2 rings (SSSR count). The highest BCUT2D eigenvalue weighted by atomic mass is 16.6. The number of hydrogen-bond acceptors (Lipinski definition) is 3. The zero-order valence-corrected chi connectivity index (χ0v) is 8.09. The highest BCUT2D eigenvalue weighted by Crippen LogP contribution is 2.17. The summed E-state index contributed by atoms with van der Waals surface area (Å²) in [6, 6.07) is 11.2. The molecule has 76 valence electrons. The van der Waals surface area contributed by atoms with Crippen molar-refractivity contribution in [2.75, 3.05) is 6.54 Å². The van der Waals surface area contributed by atoms with Gasteiger partial charge in [0, 0.05) is 0 Å². The fraction of sp³-hybridized carbons (Fsp3) is 0.273. The summed E-state index contributed by atoms with van der Waals surface area (Å²) < 4.78 is 5.02. The van der Waals surface area contributed by atoms with Crippen molar-refractivity contribution in [3.63, 3.8) is 0 Å². The molecule has 15 heavy (non-hydrogen) atoms. The van der Waals surface area contributed by atoms with Crippen LogP contribution in [-0.4, -0.2) is 23.6 Å². The van der Waals surface area contributed by atoms with E-state index in [0.29, 0.717) is 6.54 Å². The van der Waals surface area contributed by atoms with Crippen molar-refractivity contribution in [2.24, 2.45) is 0 Å². The van der Waals surface area contributed by atoms with Crippen LogP contribution in [0.3, 0.4) is 0 Å². The second-order valence-electron chi connectivity index (χ2n) is 3.34. The second-order valence-corrected chi connectivity index (χ2v) is 3.34. The molecule has 0 N–H and O–H groups in total. The molecule has 0 bridgehead atoms. The molecule has 4 nitrogen and oxygen atoms in total. The third kappa shape index (κ3) is 2.26. The van der Waals surface area contributed by atoms with Crippen LogP contribution in [0.15, 0.2) is 30.3 Å². The molecule has 4 heteroatoms. The lowest BCUT2D eigenvalue weighted by molar-refractivity contribution is 0.123. The van der Waals surface area contributed by atoms with Gasteiger partial charge in [-0.2, -0.15) is 5.26 Å². The van der Waals surface area contributed by atoms with E-state index in [1.807, 2.05) is 36.4 Å². The Kier molecular flexibility index (Phi) is 2.55. The molecule has 1 unspecified atom stereocenters. The Morgan fingerprint density at radius 1 is 1.53 bits per heavy atom. The van der Waals surface area contributed by atoms with Crippen molar-refractivity contribution in [1.82, 2.24) is 4.90 Å². The Labute approximate surface area is 87.7 Å². The molecule has 1 aliphatic rings. The highest BCUT2D eigenvalue weighted by Gasteiger charge is 2.39. The molecule has 0 aliphatic carbocycles. The van der Waals surface area contributed by atoms with Crippen LogP contribution in [0.5, 0.6) is 0 Å². The van der Waals surface area contributed by atoms with Gasteiger partial charge in [0.2, 0.25) is 0 Å². The minimum atomic E-state index is -0.412. The Hall–Kier alpha value is -2.02. The van der Waals surface area contributed by atoms with Crippen molar-refractivity contribution in [3.8, 4) is 6.07 Å². The number of rotatable bonds is 2.